The molecule has 3 heteroatoms. The Balaban J connectivity index is 1.57. The van der Waals surface area contributed by atoms with Gasteiger partial charge in [0.15, 0.2) is 0 Å². The molecule has 0 saturated carbocycles. The van der Waals surface area contributed by atoms with Gasteiger partial charge >= 0.3 is 0 Å². The summed E-state index contributed by atoms with van der Waals surface area (Å²) in [6.45, 7) is 3.47. The highest BCUT2D eigenvalue weighted by molar-refractivity contribution is 6.12. The first kappa shape index (κ1) is 29.3. The fraction of sp³-hybridized carbons (Fsp3) is 0.594. The Morgan fingerprint density at radius 3 is 1.51 bits per heavy atom. The molecule has 0 aromatic heterocycles. The average Bonchev–Trinajstić information content (AvgIpc) is 2.91. The summed E-state index contributed by atoms with van der Waals surface area (Å²) in [7, 11) is 0. The van der Waals surface area contributed by atoms with Crippen molar-refractivity contribution in [3.05, 3.63) is 71.8 Å². The van der Waals surface area contributed by atoms with Crippen LogP contribution >= 0.6 is 0 Å². The van der Waals surface area contributed by atoms with Crippen LogP contribution in [0.15, 0.2) is 65.7 Å². The highest BCUT2D eigenvalue weighted by atomic mass is 16.5. The predicted octanol–water partition coefficient (Wildman–Crippen LogP) is 8.38. The van der Waals surface area contributed by atoms with Gasteiger partial charge in [-0.3, -0.25) is 4.99 Å². The van der Waals surface area contributed by atoms with E-state index in [1.54, 1.807) is 0 Å². The number of benzene rings is 2. The maximum absolute atomic E-state index is 9.91. The summed E-state index contributed by atoms with van der Waals surface area (Å²) in [5, 5.41) is 9.91. The first-order valence-electron chi connectivity index (χ1n) is 14.2. The number of aliphatic imine (C=N–C) groups is 1. The SMILES string of the molecule is CCCCCCCCCCCCCCCCOC[C@H](CO)N=C(c1ccccc1)c1ccccc1. The lowest BCUT2D eigenvalue weighted by molar-refractivity contribution is 0.0987. The zero-order valence-electron chi connectivity index (χ0n) is 22.2. The number of nitrogens with zero attached hydrogens (tertiary/aromatic N) is 1. The maximum Gasteiger partial charge on any atom is 0.0970 e. The molecule has 0 aliphatic carbocycles. The molecule has 0 spiro atoms. The Hall–Kier alpha value is -1.97. The Morgan fingerprint density at radius 1 is 0.657 bits per heavy atom. The number of aliphatic hydroxyl groups excluding tert-OH is 1. The van der Waals surface area contributed by atoms with E-state index in [1.807, 2.05) is 36.4 Å². The van der Waals surface area contributed by atoms with Crippen LogP contribution in [0.1, 0.15) is 108 Å². The second-order valence-corrected chi connectivity index (χ2v) is 9.72. The van der Waals surface area contributed by atoms with Crippen LogP contribution in [0.2, 0.25) is 0 Å². The van der Waals surface area contributed by atoms with Crippen LogP contribution in [0.4, 0.5) is 0 Å². The minimum atomic E-state index is -0.253. The van der Waals surface area contributed by atoms with Gasteiger partial charge in [-0.05, 0) is 6.42 Å². The van der Waals surface area contributed by atoms with Crippen molar-refractivity contribution in [2.75, 3.05) is 19.8 Å². The summed E-state index contributed by atoms with van der Waals surface area (Å²) in [5.74, 6) is 0. The van der Waals surface area contributed by atoms with E-state index in [9.17, 15) is 5.11 Å². The highest BCUT2D eigenvalue weighted by Crippen LogP contribution is 2.14. The number of hydrogen-bond acceptors (Lipinski definition) is 3. The van der Waals surface area contributed by atoms with Crippen LogP contribution in [0.25, 0.3) is 0 Å². The first-order valence-corrected chi connectivity index (χ1v) is 14.2. The molecule has 0 bridgehead atoms. The summed E-state index contributed by atoms with van der Waals surface area (Å²) < 4.78 is 5.90. The molecule has 0 aliphatic rings. The molecule has 2 aromatic rings. The van der Waals surface area contributed by atoms with Crippen LogP contribution < -0.4 is 0 Å². The Kier molecular flexibility index (Phi) is 16.9. The summed E-state index contributed by atoms with van der Waals surface area (Å²) in [5.41, 5.74) is 3.03. The number of hydrogen-bond donors (Lipinski definition) is 1. The minimum absolute atomic E-state index is 0.0120. The second kappa shape index (κ2) is 20.2. The number of ether oxygens (including phenoxy) is 1. The molecule has 0 amide bonds. The molecule has 0 heterocycles. The molecule has 194 valence electrons. The lowest BCUT2D eigenvalue weighted by Crippen LogP contribution is -2.21. The number of unbranched alkanes of at least 4 members (excludes halogenated alkanes) is 13. The van der Waals surface area contributed by atoms with Crippen molar-refractivity contribution < 1.29 is 9.84 Å². The molecule has 0 unspecified atom stereocenters. The van der Waals surface area contributed by atoms with E-state index >= 15 is 0 Å². The molecule has 0 aliphatic heterocycles. The van der Waals surface area contributed by atoms with Gasteiger partial charge in [-0.2, -0.15) is 0 Å². The maximum atomic E-state index is 9.91. The third-order valence-corrected chi connectivity index (χ3v) is 6.57. The topological polar surface area (TPSA) is 41.8 Å². The van der Waals surface area contributed by atoms with Crippen molar-refractivity contribution in [3.63, 3.8) is 0 Å². The largest absolute Gasteiger partial charge is 0.394 e. The van der Waals surface area contributed by atoms with Gasteiger partial charge in [-0.15, -0.1) is 0 Å². The van der Waals surface area contributed by atoms with E-state index in [2.05, 4.69) is 31.2 Å². The van der Waals surface area contributed by atoms with Crippen LogP contribution in [-0.2, 0) is 4.74 Å². The van der Waals surface area contributed by atoms with Crippen LogP contribution in [0, 0.1) is 0 Å². The Bertz CT molecular complexity index is 718. The molecular formula is C32H49NO2. The predicted molar refractivity (Wildman–Crippen MR) is 151 cm³/mol. The summed E-state index contributed by atoms with van der Waals surface area (Å²) in [6, 6.07) is 20.1. The molecule has 35 heavy (non-hydrogen) atoms. The summed E-state index contributed by atoms with van der Waals surface area (Å²) >= 11 is 0. The van der Waals surface area contributed by atoms with E-state index in [1.165, 1.54) is 83.5 Å². The van der Waals surface area contributed by atoms with Gasteiger partial charge in [-0.25, -0.2) is 0 Å². The molecule has 0 fully saturated rings. The lowest BCUT2D eigenvalue weighted by Gasteiger charge is -2.14. The molecule has 0 radical (unpaired) electrons. The van der Waals surface area contributed by atoms with Crippen molar-refractivity contribution in [2.45, 2.75) is 103 Å². The quantitative estimate of drug-likeness (QED) is 0.144. The van der Waals surface area contributed by atoms with E-state index in [0.717, 1.165) is 29.9 Å². The van der Waals surface area contributed by atoms with Crippen LogP contribution in [0.5, 0.6) is 0 Å². The van der Waals surface area contributed by atoms with Crippen LogP contribution in [-0.4, -0.2) is 36.7 Å². The summed E-state index contributed by atoms with van der Waals surface area (Å²) in [4.78, 5) is 4.88. The van der Waals surface area contributed by atoms with Crippen molar-refractivity contribution in [3.8, 4) is 0 Å². The van der Waals surface area contributed by atoms with Crippen molar-refractivity contribution in [1.29, 1.82) is 0 Å². The minimum Gasteiger partial charge on any atom is -0.394 e. The van der Waals surface area contributed by atoms with Crippen molar-refractivity contribution in [1.82, 2.24) is 0 Å². The van der Waals surface area contributed by atoms with Crippen LogP contribution in [0.3, 0.4) is 0 Å². The smallest absolute Gasteiger partial charge is 0.0970 e. The number of aliphatic hydroxyl groups is 1. The van der Waals surface area contributed by atoms with E-state index in [4.69, 9.17) is 9.73 Å². The van der Waals surface area contributed by atoms with Crippen molar-refractivity contribution in [2.24, 2.45) is 4.99 Å². The van der Waals surface area contributed by atoms with Gasteiger partial charge in [-0.1, -0.05) is 151 Å². The zero-order chi connectivity index (χ0) is 24.8. The molecule has 1 N–H and O–H groups in total. The van der Waals surface area contributed by atoms with Gasteiger partial charge in [0.25, 0.3) is 0 Å². The third-order valence-electron chi connectivity index (χ3n) is 6.57. The van der Waals surface area contributed by atoms with E-state index in [0.29, 0.717) is 6.61 Å². The van der Waals surface area contributed by atoms with E-state index in [-0.39, 0.29) is 12.6 Å². The summed E-state index contributed by atoms with van der Waals surface area (Å²) in [6.07, 6.45) is 19.0. The molecule has 3 nitrogen and oxygen atoms in total. The second-order valence-electron chi connectivity index (χ2n) is 9.72. The molecule has 0 saturated heterocycles. The Morgan fingerprint density at radius 2 is 1.09 bits per heavy atom. The zero-order valence-corrected chi connectivity index (χ0v) is 22.2. The number of rotatable bonds is 21. The van der Waals surface area contributed by atoms with Gasteiger partial charge in [0.1, 0.15) is 0 Å². The van der Waals surface area contributed by atoms with Gasteiger partial charge in [0, 0.05) is 17.7 Å². The third kappa shape index (κ3) is 13.6. The average molecular weight is 480 g/mol. The van der Waals surface area contributed by atoms with Gasteiger partial charge < -0.3 is 9.84 Å². The van der Waals surface area contributed by atoms with Gasteiger partial charge in [0.2, 0.25) is 0 Å². The normalized spacial score (nSPS) is 11.9. The molecular weight excluding hydrogens is 430 g/mol. The fourth-order valence-corrected chi connectivity index (χ4v) is 4.44. The molecule has 2 rings (SSSR count). The monoisotopic (exact) mass is 479 g/mol. The van der Waals surface area contributed by atoms with E-state index < -0.39 is 0 Å². The first-order chi connectivity index (χ1) is 17.3. The molecule has 1 atom stereocenters. The Labute approximate surface area is 215 Å². The van der Waals surface area contributed by atoms with Crippen molar-refractivity contribution >= 4 is 5.71 Å². The highest BCUT2D eigenvalue weighted by Gasteiger charge is 2.12. The standard InChI is InChI=1S/C32H49NO2/c1-2-3-4-5-6-7-8-9-10-11-12-13-14-21-26-35-28-31(27-34)33-32(29-22-17-15-18-23-29)30-24-19-16-20-25-30/h15-20,22-25,31,34H,2-14,21,26-28H2,1H3/t31-/m0/s1. The molecule has 2 aromatic carbocycles. The fourth-order valence-electron chi connectivity index (χ4n) is 4.44. The lowest BCUT2D eigenvalue weighted by atomic mass is 10.0. The van der Waals surface area contributed by atoms with Gasteiger partial charge in [0.05, 0.1) is 25.0 Å².